The van der Waals surface area contributed by atoms with Crippen molar-refractivity contribution in [3.63, 3.8) is 0 Å². The lowest BCUT2D eigenvalue weighted by Gasteiger charge is -2.13. The van der Waals surface area contributed by atoms with E-state index in [1.54, 1.807) is 6.92 Å². The first-order chi connectivity index (χ1) is 7.49. The van der Waals surface area contributed by atoms with Crippen LogP contribution in [-0.4, -0.2) is 37.0 Å². The Kier molecular flexibility index (Phi) is 26.2. The first kappa shape index (κ1) is 20.9. The van der Waals surface area contributed by atoms with Crippen molar-refractivity contribution in [1.29, 1.82) is 0 Å². The topological polar surface area (TPSA) is 55.8 Å². The Morgan fingerprint density at radius 3 is 1.44 bits per heavy atom. The molecule has 0 saturated carbocycles. The molecule has 0 aromatic rings. The normalized spacial score (nSPS) is 8.75. The Balaban J connectivity index is -0.000000201. The molecule has 0 aromatic heterocycles. The van der Waals surface area contributed by atoms with Gasteiger partial charge in [-0.2, -0.15) is 0 Å². The van der Waals surface area contributed by atoms with E-state index < -0.39 is 0 Å². The van der Waals surface area contributed by atoms with Gasteiger partial charge in [0.2, 0.25) is 0 Å². The third-order valence-corrected chi connectivity index (χ3v) is 1.04. The summed E-state index contributed by atoms with van der Waals surface area (Å²) < 4.78 is 10.4. The van der Waals surface area contributed by atoms with Crippen LogP contribution in [0.3, 0.4) is 0 Å². The number of hydrogen-bond acceptors (Lipinski definition) is 4. The first-order valence-corrected chi connectivity index (χ1v) is 5.81. The summed E-state index contributed by atoms with van der Waals surface area (Å²) in [6.07, 6.45) is 0.946. The molecule has 0 bridgehead atoms. The minimum Gasteiger partial charge on any atom is -0.397 e. The predicted molar refractivity (Wildman–Crippen MR) is 66.4 cm³/mol. The van der Waals surface area contributed by atoms with E-state index >= 15 is 0 Å². The van der Waals surface area contributed by atoms with Crippen molar-refractivity contribution in [2.45, 2.75) is 54.3 Å². The van der Waals surface area contributed by atoms with Gasteiger partial charge in [0.25, 0.3) is 0 Å². The number of ketones is 1. The molecule has 4 heteroatoms. The number of aliphatic hydroxyl groups is 1. The summed E-state index contributed by atoms with van der Waals surface area (Å²) in [6.45, 7) is 12.5. The molecule has 100 valence electrons. The minimum absolute atomic E-state index is 0.0139. The highest BCUT2D eigenvalue weighted by molar-refractivity contribution is 5.72. The standard InChI is InChI=1S/C7H16O2.C3H6O.C2H6O/c1-4-7(8-5-2)9-6-3;1-3(2)4;1-2-3/h7H,4-6H2,1-3H3;1-2H3;3H,2H2,1H3. The van der Waals surface area contributed by atoms with E-state index in [0.29, 0.717) is 0 Å². The SMILES string of the molecule is CC(C)=O.CCO.CCOC(CC)OCC. The van der Waals surface area contributed by atoms with Gasteiger partial charge in [0.1, 0.15) is 5.78 Å². The van der Waals surface area contributed by atoms with Crippen LogP contribution in [0.25, 0.3) is 0 Å². The average Bonchev–Trinajstić information content (AvgIpc) is 2.18. The third-order valence-electron chi connectivity index (χ3n) is 1.04. The average molecular weight is 236 g/mol. The van der Waals surface area contributed by atoms with Crippen molar-refractivity contribution < 1.29 is 19.4 Å². The molecule has 0 heterocycles. The molecule has 0 saturated heterocycles. The fourth-order valence-electron chi connectivity index (χ4n) is 0.656. The lowest BCUT2D eigenvalue weighted by Crippen LogP contribution is -2.15. The molecular formula is C12H28O4. The summed E-state index contributed by atoms with van der Waals surface area (Å²) >= 11 is 0. The van der Waals surface area contributed by atoms with Crippen LogP contribution in [0.15, 0.2) is 0 Å². The molecule has 0 unspecified atom stereocenters. The van der Waals surface area contributed by atoms with Crippen molar-refractivity contribution >= 4 is 5.78 Å². The van der Waals surface area contributed by atoms with Gasteiger partial charge in [-0.15, -0.1) is 0 Å². The molecule has 4 nitrogen and oxygen atoms in total. The Morgan fingerprint density at radius 1 is 1.06 bits per heavy atom. The largest absolute Gasteiger partial charge is 0.397 e. The number of carbonyl (C=O) groups is 1. The van der Waals surface area contributed by atoms with Gasteiger partial charge in [0.15, 0.2) is 6.29 Å². The van der Waals surface area contributed by atoms with Crippen LogP contribution in [0.2, 0.25) is 0 Å². The van der Waals surface area contributed by atoms with E-state index in [-0.39, 0.29) is 18.7 Å². The van der Waals surface area contributed by atoms with Crippen molar-refractivity contribution in [1.82, 2.24) is 0 Å². The molecule has 0 atom stereocenters. The maximum absolute atomic E-state index is 9.44. The van der Waals surface area contributed by atoms with E-state index in [0.717, 1.165) is 19.6 Å². The second-order valence-corrected chi connectivity index (χ2v) is 2.97. The van der Waals surface area contributed by atoms with E-state index in [2.05, 4.69) is 6.92 Å². The summed E-state index contributed by atoms with van der Waals surface area (Å²) in [5.74, 6) is 0.167. The zero-order valence-electron chi connectivity index (χ0n) is 11.6. The number of aliphatic hydroxyl groups excluding tert-OH is 1. The second-order valence-electron chi connectivity index (χ2n) is 2.97. The van der Waals surface area contributed by atoms with E-state index in [1.807, 2.05) is 13.8 Å². The molecule has 0 aliphatic heterocycles. The summed E-state index contributed by atoms with van der Waals surface area (Å²) in [5, 5.41) is 7.57. The van der Waals surface area contributed by atoms with Crippen LogP contribution in [0.1, 0.15) is 48.0 Å². The Morgan fingerprint density at radius 2 is 1.31 bits per heavy atom. The molecule has 0 fully saturated rings. The smallest absolute Gasteiger partial charge is 0.157 e. The van der Waals surface area contributed by atoms with Gasteiger partial charge in [-0.25, -0.2) is 0 Å². The minimum atomic E-state index is 0.0139. The van der Waals surface area contributed by atoms with E-state index in [9.17, 15) is 4.79 Å². The molecule has 0 radical (unpaired) electrons. The Bertz CT molecular complexity index is 116. The quantitative estimate of drug-likeness (QED) is 0.745. The van der Waals surface area contributed by atoms with E-state index in [1.165, 1.54) is 13.8 Å². The molecule has 0 aliphatic carbocycles. The van der Waals surface area contributed by atoms with Gasteiger partial charge in [-0.05, 0) is 41.0 Å². The predicted octanol–water partition coefficient (Wildman–Crippen LogP) is 2.39. The highest BCUT2D eigenvalue weighted by Crippen LogP contribution is 1.98. The van der Waals surface area contributed by atoms with Crippen molar-refractivity contribution in [3.8, 4) is 0 Å². The van der Waals surface area contributed by atoms with Crippen LogP contribution < -0.4 is 0 Å². The maximum Gasteiger partial charge on any atom is 0.157 e. The van der Waals surface area contributed by atoms with Crippen LogP contribution in [0.5, 0.6) is 0 Å². The lowest BCUT2D eigenvalue weighted by molar-refractivity contribution is -0.136. The van der Waals surface area contributed by atoms with Crippen molar-refractivity contribution in [2.75, 3.05) is 19.8 Å². The number of Topliss-reactive ketones (excluding diaryl/α,β-unsaturated/α-hetero) is 1. The highest BCUT2D eigenvalue weighted by Gasteiger charge is 2.01. The van der Waals surface area contributed by atoms with Crippen LogP contribution in [0.4, 0.5) is 0 Å². The summed E-state index contributed by atoms with van der Waals surface area (Å²) in [5.41, 5.74) is 0. The Hall–Kier alpha value is -0.450. The molecule has 0 aromatic carbocycles. The second kappa shape index (κ2) is 20.0. The van der Waals surface area contributed by atoms with Gasteiger partial charge in [-0.1, -0.05) is 6.92 Å². The zero-order chi connectivity index (χ0) is 13.4. The monoisotopic (exact) mass is 236 g/mol. The molecule has 0 aliphatic rings. The van der Waals surface area contributed by atoms with Gasteiger partial charge >= 0.3 is 0 Å². The Labute approximate surface area is 99.9 Å². The van der Waals surface area contributed by atoms with E-state index in [4.69, 9.17) is 14.6 Å². The number of ether oxygens (including phenoxy) is 2. The van der Waals surface area contributed by atoms with Crippen LogP contribution in [-0.2, 0) is 14.3 Å². The van der Waals surface area contributed by atoms with Gasteiger partial charge in [-0.3, -0.25) is 0 Å². The number of carbonyl (C=O) groups excluding carboxylic acids is 1. The highest BCUT2D eigenvalue weighted by atomic mass is 16.7. The molecule has 1 N–H and O–H groups in total. The molecule has 0 amide bonds. The number of hydrogen-bond donors (Lipinski definition) is 1. The van der Waals surface area contributed by atoms with Gasteiger partial charge < -0.3 is 19.4 Å². The lowest BCUT2D eigenvalue weighted by atomic mass is 10.5. The summed E-state index contributed by atoms with van der Waals surface area (Å²) in [4.78, 5) is 9.44. The summed E-state index contributed by atoms with van der Waals surface area (Å²) in [6, 6.07) is 0. The van der Waals surface area contributed by atoms with Crippen LogP contribution in [0, 0.1) is 0 Å². The zero-order valence-corrected chi connectivity index (χ0v) is 11.6. The fraction of sp³-hybridized carbons (Fsp3) is 0.917. The molecule has 0 spiro atoms. The van der Waals surface area contributed by atoms with Crippen molar-refractivity contribution in [3.05, 3.63) is 0 Å². The first-order valence-electron chi connectivity index (χ1n) is 5.81. The molecule has 16 heavy (non-hydrogen) atoms. The molecule has 0 rings (SSSR count). The number of rotatable bonds is 5. The van der Waals surface area contributed by atoms with Crippen molar-refractivity contribution in [2.24, 2.45) is 0 Å². The summed E-state index contributed by atoms with van der Waals surface area (Å²) in [7, 11) is 0. The fourth-order valence-corrected chi connectivity index (χ4v) is 0.656. The maximum atomic E-state index is 9.44. The van der Waals surface area contributed by atoms with Gasteiger partial charge in [0.05, 0.1) is 0 Å². The third kappa shape index (κ3) is 37.4. The van der Waals surface area contributed by atoms with Gasteiger partial charge in [0, 0.05) is 19.8 Å². The molecular weight excluding hydrogens is 208 g/mol. The van der Waals surface area contributed by atoms with Crippen LogP contribution >= 0.6 is 0 Å².